The Morgan fingerprint density at radius 2 is 2.00 bits per heavy atom. The van der Waals surface area contributed by atoms with Crippen molar-refractivity contribution < 1.29 is 13.7 Å². The minimum Gasteiger partial charge on any atom is -0.431 e. The van der Waals surface area contributed by atoms with E-state index in [0.717, 1.165) is 22.4 Å². The smallest absolute Gasteiger partial charge is 0.257 e. The van der Waals surface area contributed by atoms with Gasteiger partial charge in [0, 0.05) is 18.5 Å². The van der Waals surface area contributed by atoms with Crippen molar-refractivity contribution in [3.63, 3.8) is 0 Å². The molecule has 0 aliphatic rings. The van der Waals surface area contributed by atoms with Crippen molar-refractivity contribution in [2.24, 2.45) is 0 Å². The second-order valence-corrected chi connectivity index (χ2v) is 7.18. The van der Waals surface area contributed by atoms with Gasteiger partial charge in [-0.15, -0.1) is 0 Å². The van der Waals surface area contributed by atoms with E-state index in [-0.39, 0.29) is 12.3 Å². The molecule has 4 aromatic rings. The Kier molecular flexibility index (Phi) is 5.38. The molecule has 0 fully saturated rings. The molecule has 0 saturated heterocycles. The van der Waals surface area contributed by atoms with Crippen molar-refractivity contribution in [3.8, 4) is 0 Å². The standard InChI is InChI=1S/C20H18N4O3S/c1-13-7-8-16-15(11-13)22-20(26-16)28-12-17-23-19(27-24-17)10-9-18(25)21-14-5-3-2-4-6-14/h2-8,11H,9-10,12H2,1H3,(H,21,25). The van der Waals surface area contributed by atoms with Crippen molar-refractivity contribution in [2.45, 2.75) is 30.7 Å². The maximum absolute atomic E-state index is 12.0. The number of rotatable bonds is 7. The largest absolute Gasteiger partial charge is 0.431 e. The lowest BCUT2D eigenvalue weighted by atomic mass is 10.2. The molecule has 0 spiro atoms. The highest BCUT2D eigenvalue weighted by molar-refractivity contribution is 7.98. The Labute approximate surface area is 165 Å². The molecule has 4 rings (SSSR count). The minimum absolute atomic E-state index is 0.0953. The first-order chi connectivity index (χ1) is 13.7. The lowest BCUT2D eigenvalue weighted by Gasteiger charge is -2.02. The zero-order valence-electron chi connectivity index (χ0n) is 15.2. The lowest BCUT2D eigenvalue weighted by Crippen LogP contribution is -2.12. The van der Waals surface area contributed by atoms with Gasteiger partial charge in [0.05, 0.1) is 5.75 Å². The molecule has 0 aliphatic carbocycles. The Morgan fingerprint density at radius 3 is 2.86 bits per heavy atom. The van der Waals surface area contributed by atoms with Crippen LogP contribution in [-0.2, 0) is 17.0 Å². The summed E-state index contributed by atoms with van der Waals surface area (Å²) in [4.78, 5) is 20.8. The molecule has 1 amide bonds. The van der Waals surface area contributed by atoms with Crippen LogP contribution in [0.4, 0.5) is 5.69 Å². The number of aromatic nitrogens is 3. The molecule has 0 unspecified atom stereocenters. The fourth-order valence-electron chi connectivity index (χ4n) is 2.62. The average molecular weight is 394 g/mol. The van der Waals surface area contributed by atoms with Crippen LogP contribution in [0.15, 0.2) is 62.7 Å². The highest BCUT2D eigenvalue weighted by Gasteiger charge is 2.12. The number of para-hydroxylation sites is 1. The molecule has 142 valence electrons. The van der Waals surface area contributed by atoms with Crippen molar-refractivity contribution >= 4 is 34.5 Å². The second-order valence-electron chi connectivity index (χ2n) is 6.26. The number of hydrogen-bond donors (Lipinski definition) is 1. The predicted molar refractivity (Wildman–Crippen MR) is 106 cm³/mol. The first kappa shape index (κ1) is 18.2. The Bertz CT molecular complexity index is 1090. The van der Waals surface area contributed by atoms with Gasteiger partial charge < -0.3 is 14.3 Å². The zero-order chi connectivity index (χ0) is 19.3. The highest BCUT2D eigenvalue weighted by Crippen LogP contribution is 2.26. The number of aryl methyl sites for hydroxylation is 2. The van der Waals surface area contributed by atoms with E-state index in [1.807, 2.05) is 55.5 Å². The molecule has 7 nitrogen and oxygen atoms in total. The van der Waals surface area contributed by atoms with Crippen molar-refractivity contribution in [1.82, 2.24) is 15.1 Å². The maximum Gasteiger partial charge on any atom is 0.257 e. The average Bonchev–Trinajstić information content (AvgIpc) is 3.31. The summed E-state index contributed by atoms with van der Waals surface area (Å²) in [6.45, 7) is 2.02. The van der Waals surface area contributed by atoms with Crippen LogP contribution in [0.3, 0.4) is 0 Å². The number of carbonyl (C=O) groups is 1. The third-order valence-corrected chi connectivity index (χ3v) is 4.81. The molecule has 2 heterocycles. The summed E-state index contributed by atoms with van der Waals surface area (Å²) < 4.78 is 10.9. The third kappa shape index (κ3) is 4.58. The molecule has 2 aromatic carbocycles. The molecule has 1 N–H and O–H groups in total. The van der Waals surface area contributed by atoms with Crippen molar-refractivity contribution in [1.29, 1.82) is 0 Å². The quantitative estimate of drug-likeness (QED) is 0.465. The maximum atomic E-state index is 12.0. The minimum atomic E-state index is -0.0953. The molecule has 28 heavy (non-hydrogen) atoms. The van der Waals surface area contributed by atoms with Gasteiger partial charge in [0.1, 0.15) is 5.52 Å². The van der Waals surface area contributed by atoms with Gasteiger partial charge in [-0.25, -0.2) is 4.98 Å². The van der Waals surface area contributed by atoms with E-state index in [1.165, 1.54) is 11.8 Å². The molecule has 0 bridgehead atoms. The molecule has 0 atom stereocenters. The fraction of sp³-hybridized carbons (Fsp3) is 0.200. The topological polar surface area (TPSA) is 94.0 Å². The van der Waals surface area contributed by atoms with E-state index in [0.29, 0.717) is 29.1 Å². The molecular weight excluding hydrogens is 376 g/mol. The highest BCUT2D eigenvalue weighted by atomic mass is 32.2. The van der Waals surface area contributed by atoms with Crippen LogP contribution in [0.1, 0.15) is 23.7 Å². The van der Waals surface area contributed by atoms with Crippen LogP contribution in [0.2, 0.25) is 0 Å². The summed E-state index contributed by atoms with van der Waals surface area (Å²) in [7, 11) is 0. The van der Waals surface area contributed by atoms with Gasteiger partial charge in [-0.2, -0.15) is 4.98 Å². The number of nitrogens with zero attached hydrogens (tertiary/aromatic N) is 3. The van der Waals surface area contributed by atoms with Crippen LogP contribution in [0, 0.1) is 6.92 Å². The van der Waals surface area contributed by atoms with Gasteiger partial charge >= 0.3 is 0 Å². The molecule has 0 aliphatic heterocycles. The number of carbonyl (C=O) groups excluding carboxylic acids is 1. The van der Waals surface area contributed by atoms with E-state index >= 15 is 0 Å². The SMILES string of the molecule is Cc1ccc2oc(SCc3noc(CCC(=O)Nc4ccccc4)n3)nc2c1. The lowest BCUT2D eigenvalue weighted by molar-refractivity contribution is -0.116. The fourth-order valence-corrected chi connectivity index (χ4v) is 3.30. The summed E-state index contributed by atoms with van der Waals surface area (Å²) in [6.07, 6.45) is 0.659. The first-order valence-electron chi connectivity index (χ1n) is 8.82. The number of oxazole rings is 1. The van der Waals surface area contributed by atoms with Crippen LogP contribution < -0.4 is 5.32 Å². The number of anilines is 1. The summed E-state index contributed by atoms with van der Waals surface area (Å²) >= 11 is 1.40. The summed E-state index contributed by atoms with van der Waals surface area (Å²) in [5.41, 5.74) is 3.49. The van der Waals surface area contributed by atoms with Gasteiger partial charge in [-0.1, -0.05) is 41.2 Å². The van der Waals surface area contributed by atoms with Crippen LogP contribution >= 0.6 is 11.8 Å². The number of hydrogen-bond acceptors (Lipinski definition) is 7. The van der Waals surface area contributed by atoms with Crippen LogP contribution in [0.25, 0.3) is 11.1 Å². The second kappa shape index (κ2) is 8.26. The van der Waals surface area contributed by atoms with E-state index in [4.69, 9.17) is 8.94 Å². The number of amides is 1. The van der Waals surface area contributed by atoms with Crippen LogP contribution in [-0.4, -0.2) is 21.0 Å². The van der Waals surface area contributed by atoms with E-state index in [1.54, 1.807) is 0 Å². The Morgan fingerprint density at radius 1 is 1.14 bits per heavy atom. The zero-order valence-corrected chi connectivity index (χ0v) is 16.0. The summed E-state index contributed by atoms with van der Waals surface area (Å²) in [5, 5.41) is 7.35. The van der Waals surface area contributed by atoms with E-state index in [9.17, 15) is 4.79 Å². The summed E-state index contributed by atoms with van der Waals surface area (Å²) in [5.74, 6) is 1.36. The number of benzene rings is 2. The Balaban J connectivity index is 1.28. The molecule has 0 saturated carbocycles. The normalized spacial score (nSPS) is 11.0. The predicted octanol–water partition coefficient (Wildman–Crippen LogP) is 4.38. The van der Waals surface area contributed by atoms with Gasteiger partial charge in [-0.3, -0.25) is 4.79 Å². The molecule has 0 radical (unpaired) electrons. The van der Waals surface area contributed by atoms with E-state index in [2.05, 4.69) is 20.4 Å². The van der Waals surface area contributed by atoms with Crippen molar-refractivity contribution in [3.05, 3.63) is 65.8 Å². The third-order valence-electron chi connectivity index (χ3n) is 3.98. The number of nitrogens with one attached hydrogen (secondary N) is 1. The molecule has 8 heteroatoms. The molecule has 2 aromatic heterocycles. The van der Waals surface area contributed by atoms with Crippen molar-refractivity contribution in [2.75, 3.05) is 5.32 Å². The van der Waals surface area contributed by atoms with Crippen LogP contribution in [0.5, 0.6) is 0 Å². The summed E-state index contributed by atoms with van der Waals surface area (Å²) in [6, 6.07) is 15.2. The first-order valence-corrected chi connectivity index (χ1v) is 9.80. The van der Waals surface area contributed by atoms with Gasteiger partial charge in [0.2, 0.25) is 11.8 Å². The Hall–Kier alpha value is -3.13. The number of thioether (sulfide) groups is 1. The number of fused-ring (bicyclic) bond motifs is 1. The van der Waals surface area contributed by atoms with Gasteiger partial charge in [0.25, 0.3) is 5.22 Å². The molecular formula is C20H18N4O3S. The van der Waals surface area contributed by atoms with Gasteiger partial charge in [0.15, 0.2) is 11.4 Å². The van der Waals surface area contributed by atoms with E-state index < -0.39 is 0 Å². The monoisotopic (exact) mass is 394 g/mol. The van der Waals surface area contributed by atoms with Gasteiger partial charge in [-0.05, 0) is 36.8 Å².